The van der Waals surface area contributed by atoms with Gasteiger partial charge in [-0.2, -0.15) is 0 Å². The number of hydrogen-bond acceptors (Lipinski definition) is 3. The van der Waals surface area contributed by atoms with Gasteiger partial charge in [0.1, 0.15) is 5.75 Å². The van der Waals surface area contributed by atoms with Gasteiger partial charge in [-0.3, -0.25) is 9.59 Å². The second-order valence-corrected chi connectivity index (χ2v) is 4.94. The van der Waals surface area contributed by atoms with E-state index < -0.39 is 5.60 Å². The van der Waals surface area contributed by atoms with Gasteiger partial charge < -0.3 is 9.64 Å². The molecule has 1 aliphatic heterocycles. The van der Waals surface area contributed by atoms with Crippen LogP contribution in [0.5, 0.6) is 5.75 Å². The van der Waals surface area contributed by atoms with Gasteiger partial charge in [0.15, 0.2) is 11.4 Å². The first-order chi connectivity index (χ1) is 8.36. The summed E-state index contributed by atoms with van der Waals surface area (Å²) in [5.74, 6) is 0.578. The van der Waals surface area contributed by atoms with Crippen LogP contribution in [-0.4, -0.2) is 24.3 Å². The van der Waals surface area contributed by atoms with E-state index in [0.717, 1.165) is 0 Å². The Bertz CT molecular complexity index is 520. The summed E-state index contributed by atoms with van der Waals surface area (Å²) in [6.45, 7) is 5.29. The number of benzene rings is 1. The van der Waals surface area contributed by atoms with E-state index in [1.54, 1.807) is 44.0 Å². The van der Waals surface area contributed by atoms with E-state index >= 15 is 0 Å². The zero-order valence-corrected chi connectivity index (χ0v) is 11.1. The lowest BCUT2D eigenvalue weighted by molar-refractivity contribution is -0.132. The van der Waals surface area contributed by atoms with Crippen molar-refractivity contribution >= 4 is 17.4 Å². The van der Waals surface area contributed by atoms with E-state index in [4.69, 9.17) is 4.74 Å². The third-order valence-corrected chi connectivity index (χ3v) is 3.15. The molecule has 0 spiro atoms. The maximum absolute atomic E-state index is 12.1. The van der Waals surface area contributed by atoms with Gasteiger partial charge in [0, 0.05) is 19.0 Å². The topological polar surface area (TPSA) is 46.6 Å². The van der Waals surface area contributed by atoms with Gasteiger partial charge in [0.25, 0.3) is 5.91 Å². The highest BCUT2D eigenvalue weighted by Crippen LogP contribution is 2.37. The molecule has 1 aliphatic rings. The number of carbonyl (C=O) groups excluding carboxylic acids is 2. The molecule has 4 nitrogen and oxygen atoms in total. The summed E-state index contributed by atoms with van der Waals surface area (Å²) in [7, 11) is 1.70. The van der Waals surface area contributed by atoms with E-state index in [1.807, 2.05) is 6.92 Å². The van der Waals surface area contributed by atoms with Gasteiger partial charge in [0.05, 0.1) is 5.69 Å². The molecule has 0 unspecified atom stereocenters. The summed E-state index contributed by atoms with van der Waals surface area (Å²) >= 11 is 0. The van der Waals surface area contributed by atoms with Crippen LogP contribution in [0.4, 0.5) is 5.69 Å². The molecule has 0 saturated carbocycles. The van der Waals surface area contributed by atoms with Crippen molar-refractivity contribution in [2.75, 3.05) is 11.9 Å². The molecular formula is C14H17NO3. The van der Waals surface area contributed by atoms with Crippen molar-refractivity contribution in [1.29, 1.82) is 0 Å². The molecule has 0 N–H and O–H groups in total. The van der Waals surface area contributed by atoms with Gasteiger partial charge in [-0.05, 0) is 32.0 Å². The fourth-order valence-corrected chi connectivity index (χ4v) is 2.08. The molecule has 0 atom stereocenters. The number of nitrogens with zero attached hydrogens (tertiary/aromatic N) is 1. The van der Waals surface area contributed by atoms with Crippen LogP contribution in [-0.2, 0) is 4.79 Å². The Kier molecular flexibility index (Phi) is 2.89. The van der Waals surface area contributed by atoms with E-state index in [9.17, 15) is 9.59 Å². The molecule has 96 valence electrons. The van der Waals surface area contributed by atoms with Crippen LogP contribution >= 0.6 is 0 Å². The number of anilines is 1. The maximum atomic E-state index is 12.1. The van der Waals surface area contributed by atoms with E-state index in [2.05, 4.69) is 0 Å². The largest absolute Gasteiger partial charge is 0.476 e. The summed E-state index contributed by atoms with van der Waals surface area (Å²) < 4.78 is 5.67. The molecule has 0 aromatic heterocycles. The van der Waals surface area contributed by atoms with E-state index in [-0.39, 0.29) is 11.7 Å². The molecule has 1 amide bonds. The Morgan fingerprint density at radius 1 is 1.39 bits per heavy atom. The lowest BCUT2D eigenvalue weighted by atomic mass is 10.0. The highest BCUT2D eigenvalue weighted by Gasteiger charge is 2.39. The Hall–Kier alpha value is -1.84. The molecule has 4 heteroatoms. The van der Waals surface area contributed by atoms with Gasteiger partial charge >= 0.3 is 0 Å². The highest BCUT2D eigenvalue weighted by molar-refractivity contribution is 6.04. The first-order valence-electron chi connectivity index (χ1n) is 6.01. The summed E-state index contributed by atoms with van der Waals surface area (Å²) in [6.07, 6.45) is 0.447. The van der Waals surface area contributed by atoms with Crippen LogP contribution in [0.2, 0.25) is 0 Å². The van der Waals surface area contributed by atoms with E-state index in [0.29, 0.717) is 23.4 Å². The summed E-state index contributed by atoms with van der Waals surface area (Å²) in [5, 5.41) is 0. The van der Waals surface area contributed by atoms with Gasteiger partial charge in [0.2, 0.25) is 0 Å². The second kappa shape index (κ2) is 4.12. The average Bonchev–Trinajstić information content (AvgIpc) is 2.34. The van der Waals surface area contributed by atoms with Crippen molar-refractivity contribution < 1.29 is 14.3 Å². The van der Waals surface area contributed by atoms with Crippen LogP contribution in [0.15, 0.2) is 18.2 Å². The van der Waals surface area contributed by atoms with Crippen molar-refractivity contribution in [1.82, 2.24) is 0 Å². The fraction of sp³-hybridized carbons (Fsp3) is 0.429. The zero-order valence-electron chi connectivity index (χ0n) is 11.1. The fourth-order valence-electron chi connectivity index (χ4n) is 2.08. The minimum Gasteiger partial charge on any atom is -0.476 e. The van der Waals surface area contributed by atoms with Crippen LogP contribution in [0.1, 0.15) is 37.6 Å². The van der Waals surface area contributed by atoms with Crippen molar-refractivity contribution in [3.8, 4) is 5.75 Å². The second-order valence-electron chi connectivity index (χ2n) is 4.94. The van der Waals surface area contributed by atoms with Crippen LogP contribution in [0.25, 0.3) is 0 Å². The zero-order chi connectivity index (χ0) is 13.5. The molecular weight excluding hydrogens is 230 g/mol. The molecule has 2 rings (SSSR count). The maximum Gasteiger partial charge on any atom is 0.270 e. The third kappa shape index (κ3) is 1.88. The lowest BCUT2D eigenvalue weighted by Crippen LogP contribution is -2.50. The average molecular weight is 247 g/mol. The van der Waals surface area contributed by atoms with Crippen molar-refractivity contribution in [3.05, 3.63) is 23.8 Å². The van der Waals surface area contributed by atoms with Crippen LogP contribution in [0.3, 0.4) is 0 Å². The normalized spacial score (nSPS) is 17.1. The number of hydrogen-bond donors (Lipinski definition) is 0. The molecule has 1 heterocycles. The summed E-state index contributed by atoms with van der Waals surface area (Å²) in [5.41, 5.74) is 0.399. The number of Topliss-reactive ketones (excluding diaryl/α,β-unsaturated/α-hetero) is 1. The quantitative estimate of drug-likeness (QED) is 0.754. The number of amides is 1. The number of rotatable bonds is 2. The standard InChI is InChI=1S/C14H17NO3/c1-5-11(16)9-6-7-12-10(8-9)15(4)13(17)14(2,3)18-12/h6-8H,5H2,1-4H3. The van der Waals surface area contributed by atoms with Crippen molar-refractivity contribution in [2.24, 2.45) is 0 Å². The molecule has 1 aromatic carbocycles. The van der Waals surface area contributed by atoms with Crippen LogP contribution < -0.4 is 9.64 Å². The van der Waals surface area contributed by atoms with Gasteiger partial charge in [-0.15, -0.1) is 0 Å². The Labute approximate surface area is 107 Å². The number of fused-ring (bicyclic) bond motifs is 1. The SMILES string of the molecule is CCC(=O)c1ccc2c(c1)N(C)C(=O)C(C)(C)O2. The number of likely N-dealkylation sites (N-methyl/N-ethyl adjacent to an activating group) is 1. The smallest absolute Gasteiger partial charge is 0.270 e. The molecule has 18 heavy (non-hydrogen) atoms. The number of ketones is 1. The summed E-state index contributed by atoms with van der Waals surface area (Å²) in [4.78, 5) is 25.3. The number of carbonyl (C=O) groups is 2. The lowest BCUT2D eigenvalue weighted by Gasteiger charge is -2.37. The Balaban J connectivity index is 2.49. The van der Waals surface area contributed by atoms with Gasteiger partial charge in [-0.1, -0.05) is 6.92 Å². The van der Waals surface area contributed by atoms with Crippen LogP contribution in [0, 0.1) is 0 Å². The van der Waals surface area contributed by atoms with Gasteiger partial charge in [-0.25, -0.2) is 0 Å². The van der Waals surface area contributed by atoms with Crippen molar-refractivity contribution in [3.63, 3.8) is 0 Å². The Morgan fingerprint density at radius 3 is 2.67 bits per heavy atom. The highest BCUT2D eigenvalue weighted by atomic mass is 16.5. The molecule has 0 saturated heterocycles. The minimum absolute atomic E-state index is 0.0588. The molecule has 0 radical (unpaired) electrons. The number of ether oxygens (including phenoxy) is 1. The van der Waals surface area contributed by atoms with E-state index in [1.165, 1.54) is 0 Å². The van der Waals surface area contributed by atoms with Crippen molar-refractivity contribution in [2.45, 2.75) is 32.8 Å². The first-order valence-corrected chi connectivity index (χ1v) is 6.01. The molecule has 0 bridgehead atoms. The monoisotopic (exact) mass is 247 g/mol. The first kappa shape index (κ1) is 12.6. The third-order valence-electron chi connectivity index (χ3n) is 3.15. The molecule has 0 aliphatic carbocycles. The molecule has 0 fully saturated rings. The predicted molar refractivity (Wildman–Crippen MR) is 69.2 cm³/mol. The predicted octanol–water partition coefficient (Wildman–Crippen LogP) is 2.41. The molecule has 1 aromatic rings. The Morgan fingerprint density at radius 2 is 2.06 bits per heavy atom. The summed E-state index contributed by atoms with van der Waals surface area (Å²) in [6, 6.07) is 5.21. The minimum atomic E-state index is -0.863.